The second-order valence-corrected chi connectivity index (χ2v) is 8.07. The van der Waals surface area contributed by atoms with E-state index in [9.17, 15) is 13.2 Å². The molecule has 30 heavy (non-hydrogen) atoms. The summed E-state index contributed by atoms with van der Waals surface area (Å²) in [5, 5.41) is 0. The molecule has 7 heteroatoms. The van der Waals surface area contributed by atoms with Gasteiger partial charge in [0.1, 0.15) is 11.6 Å². The molecule has 0 radical (unpaired) electrons. The van der Waals surface area contributed by atoms with Gasteiger partial charge in [-0.25, -0.2) is 13.2 Å². The lowest BCUT2D eigenvalue weighted by Crippen LogP contribution is -2.55. The summed E-state index contributed by atoms with van der Waals surface area (Å²) in [7, 11) is 1.66. The predicted molar refractivity (Wildman–Crippen MR) is 111 cm³/mol. The fourth-order valence-electron chi connectivity index (χ4n) is 4.55. The van der Waals surface area contributed by atoms with Crippen molar-refractivity contribution < 1.29 is 17.9 Å². The number of rotatable bonds is 5. The Hall–Kier alpha value is -2.25. The summed E-state index contributed by atoms with van der Waals surface area (Å²) >= 11 is 0. The first-order chi connectivity index (χ1) is 14.5. The minimum Gasteiger partial charge on any atom is -0.497 e. The fourth-order valence-corrected chi connectivity index (χ4v) is 4.55. The van der Waals surface area contributed by atoms with E-state index < -0.39 is 17.5 Å². The molecule has 4 rings (SSSR count). The molecule has 2 heterocycles. The van der Waals surface area contributed by atoms with Gasteiger partial charge in [0, 0.05) is 56.6 Å². The first kappa shape index (κ1) is 21.0. The average molecular weight is 419 g/mol. The Morgan fingerprint density at radius 2 is 1.60 bits per heavy atom. The van der Waals surface area contributed by atoms with Gasteiger partial charge in [-0.1, -0.05) is 0 Å². The summed E-state index contributed by atoms with van der Waals surface area (Å²) in [6.45, 7) is 5.42. The SMILES string of the molecule is COc1ccc(N2CCN(C3CCCN(Cc4c(F)ccc(F)c4F)C3)CC2)cc1. The van der Waals surface area contributed by atoms with Crippen LogP contribution in [0.1, 0.15) is 18.4 Å². The first-order valence-corrected chi connectivity index (χ1v) is 10.5. The van der Waals surface area contributed by atoms with Gasteiger partial charge in [0.05, 0.1) is 7.11 Å². The Morgan fingerprint density at radius 1 is 0.900 bits per heavy atom. The summed E-state index contributed by atoms with van der Waals surface area (Å²) in [6.07, 6.45) is 2.05. The Labute approximate surface area is 175 Å². The number of piperidine rings is 1. The van der Waals surface area contributed by atoms with Crippen LogP contribution in [0, 0.1) is 17.5 Å². The third-order valence-corrected chi connectivity index (χ3v) is 6.27. The lowest BCUT2D eigenvalue weighted by molar-refractivity contribution is 0.0873. The molecule has 1 atom stereocenters. The van der Waals surface area contributed by atoms with Crippen LogP contribution >= 0.6 is 0 Å². The van der Waals surface area contributed by atoms with E-state index in [1.807, 2.05) is 17.0 Å². The largest absolute Gasteiger partial charge is 0.497 e. The molecular weight excluding hydrogens is 391 g/mol. The second-order valence-electron chi connectivity index (χ2n) is 8.07. The van der Waals surface area contributed by atoms with Crippen LogP contribution in [0.25, 0.3) is 0 Å². The maximum Gasteiger partial charge on any atom is 0.166 e. The van der Waals surface area contributed by atoms with Crippen LogP contribution in [0.5, 0.6) is 5.75 Å². The maximum atomic E-state index is 14.1. The summed E-state index contributed by atoms with van der Waals surface area (Å²) in [4.78, 5) is 6.89. The fraction of sp³-hybridized carbons (Fsp3) is 0.478. The van der Waals surface area contributed by atoms with Crippen molar-refractivity contribution in [2.24, 2.45) is 0 Å². The van der Waals surface area contributed by atoms with Gasteiger partial charge in [-0.3, -0.25) is 9.80 Å². The molecule has 2 aromatic carbocycles. The minimum atomic E-state index is -1.06. The lowest BCUT2D eigenvalue weighted by Gasteiger charge is -2.44. The van der Waals surface area contributed by atoms with Crippen molar-refractivity contribution in [1.82, 2.24) is 9.80 Å². The normalized spacial score (nSPS) is 21.1. The molecule has 162 valence electrons. The number of nitrogens with zero attached hydrogens (tertiary/aromatic N) is 3. The molecular formula is C23H28F3N3O. The average Bonchev–Trinajstić information content (AvgIpc) is 2.80. The third kappa shape index (κ3) is 4.57. The molecule has 2 aromatic rings. The van der Waals surface area contributed by atoms with Crippen LogP contribution in [-0.2, 0) is 6.54 Å². The summed E-state index contributed by atoms with van der Waals surface area (Å²) in [6, 6.07) is 10.3. The van der Waals surface area contributed by atoms with Crippen molar-refractivity contribution >= 4 is 5.69 Å². The van der Waals surface area contributed by atoms with E-state index in [-0.39, 0.29) is 12.1 Å². The smallest absolute Gasteiger partial charge is 0.166 e. The Balaban J connectivity index is 1.34. The van der Waals surface area contributed by atoms with Gasteiger partial charge < -0.3 is 9.64 Å². The van der Waals surface area contributed by atoms with Crippen molar-refractivity contribution in [3.63, 3.8) is 0 Å². The van der Waals surface area contributed by atoms with Crippen LogP contribution in [0.4, 0.5) is 18.9 Å². The van der Waals surface area contributed by atoms with E-state index >= 15 is 0 Å². The van der Waals surface area contributed by atoms with Crippen LogP contribution in [0.3, 0.4) is 0 Å². The van der Waals surface area contributed by atoms with E-state index in [2.05, 4.69) is 21.9 Å². The van der Waals surface area contributed by atoms with Crippen LogP contribution in [0.2, 0.25) is 0 Å². The van der Waals surface area contributed by atoms with E-state index in [0.29, 0.717) is 6.04 Å². The van der Waals surface area contributed by atoms with Crippen molar-refractivity contribution in [3.05, 3.63) is 59.4 Å². The zero-order chi connectivity index (χ0) is 21.1. The predicted octanol–water partition coefficient (Wildman–Crippen LogP) is 3.90. The van der Waals surface area contributed by atoms with Crippen LogP contribution < -0.4 is 9.64 Å². The molecule has 1 unspecified atom stereocenters. The van der Waals surface area contributed by atoms with Gasteiger partial charge in [-0.05, 0) is 55.8 Å². The van der Waals surface area contributed by atoms with E-state index in [0.717, 1.165) is 70.0 Å². The second kappa shape index (κ2) is 9.27. The zero-order valence-corrected chi connectivity index (χ0v) is 17.3. The zero-order valence-electron chi connectivity index (χ0n) is 17.3. The molecule has 0 aliphatic carbocycles. The monoisotopic (exact) mass is 419 g/mol. The number of anilines is 1. The number of hydrogen-bond donors (Lipinski definition) is 0. The topological polar surface area (TPSA) is 19.0 Å². The summed E-state index contributed by atoms with van der Waals surface area (Å²) in [5.74, 6) is -1.88. The van der Waals surface area contributed by atoms with E-state index in [1.54, 1.807) is 7.11 Å². The molecule has 2 saturated heterocycles. The number of piperazine rings is 1. The van der Waals surface area contributed by atoms with Gasteiger partial charge in [0.2, 0.25) is 0 Å². The highest BCUT2D eigenvalue weighted by Gasteiger charge is 2.29. The van der Waals surface area contributed by atoms with Crippen LogP contribution in [0.15, 0.2) is 36.4 Å². The molecule has 2 aliphatic heterocycles. The van der Waals surface area contributed by atoms with Crippen molar-refractivity contribution in [3.8, 4) is 5.75 Å². The lowest BCUT2D eigenvalue weighted by atomic mass is 10.0. The molecule has 4 nitrogen and oxygen atoms in total. The molecule has 0 spiro atoms. The van der Waals surface area contributed by atoms with Crippen molar-refractivity contribution in [2.75, 3.05) is 51.3 Å². The van der Waals surface area contributed by atoms with Gasteiger partial charge in [0.25, 0.3) is 0 Å². The highest BCUT2D eigenvalue weighted by atomic mass is 19.2. The molecule has 0 aromatic heterocycles. The third-order valence-electron chi connectivity index (χ3n) is 6.27. The van der Waals surface area contributed by atoms with Gasteiger partial charge in [-0.2, -0.15) is 0 Å². The highest BCUT2D eigenvalue weighted by Crippen LogP contribution is 2.25. The Morgan fingerprint density at radius 3 is 2.30 bits per heavy atom. The van der Waals surface area contributed by atoms with Crippen molar-refractivity contribution in [1.29, 1.82) is 0 Å². The minimum absolute atomic E-state index is 0.109. The standard InChI is InChI=1S/C23H28F3N3O/c1-30-19-6-4-17(5-7-19)28-11-13-29(14-12-28)18-3-2-10-27(15-18)16-20-21(24)8-9-22(25)23(20)26/h4-9,18H,2-3,10-16H2,1H3. The summed E-state index contributed by atoms with van der Waals surface area (Å²) < 4.78 is 46.8. The Kier molecular flexibility index (Phi) is 6.49. The highest BCUT2D eigenvalue weighted by molar-refractivity contribution is 5.49. The van der Waals surface area contributed by atoms with Gasteiger partial charge >= 0.3 is 0 Å². The van der Waals surface area contributed by atoms with Gasteiger partial charge in [-0.15, -0.1) is 0 Å². The summed E-state index contributed by atoms with van der Waals surface area (Å²) in [5.41, 5.74) is 1.03. The van der Waals surface area contributed by atoms with Crippen molar-refractivity contribution in [2.45, 2.75) is 25.4 Å². The number of halogens is 3. The van der Waals surface area contributed by atoms with E-state index in [1.165, 1.54) is 5.69 Å². The molecule has 0 N–H and O–H groups in total. The first-order valence-electron chi connectivity index (χ1n) is 10.5. The molecule has 2 aliphatic rings. The number of benzene rings is 2. The number of methoxy groups -OCH3 is 1. The quantitative estimate of drug-likeness (QED) is 0.685. The van der Waals surface area contributed by atoms with Gasteiger partial charge in [0.15, 0.2) is 11.6 Å². The molecule has 0 amide bonds. The van der Waals surface area contributed by atoms with E-state index in [4.69, 9.17) is 4.74 Å². The molecule has 2 fully saturated rings. The maximum absolute atomic E-state index is 14.1. The van der Waals surface area contributed by atoms with Crippen LogP contribution in [-0.4, -0.2) is 62.2 Å². The number of ether oxygens (including phenoxy) is 1. The number of likely N-dealkylation sites (tertiary alicyclic amines) is 1. The number of hydrogen-bond acceptors (Lipinski definition) is 4. The molecule has 0 saturated carbocycles. The molecule has 0 bridgehead atoms. The Bertz CT molecular complexity index is 854.